The van der Waals surface area contributed by atoms with Crippen LogP contribution in [0.25, 0.3) is 0 Å². The third-order valence-corrected chi connectivity index (χ3v) is 2.91. The highest BCUT2D eigenvalue weighted by Crippen LogP contribution is 2.30. The molecule has 0 radical (unpaired) electrons. The lowest BCUT2D eigenvalue weighted by molar-refractivity contribution is 0.0936. The molecule has 0 aromatic heterocycles. The molecular formula is C14H20N2O3. The lowest BCUT2D eigenvalue weighted by atomic mass is 10.1. The number of carbonyl (C=O) groups is 1. The van der Waals surface area contributed by atoms with Gasteiger partial charge in [0.2, 0.25) is 0 Å². The van der Waals surface area contributed by atoms with Crippen molar-refractivity contribution in [2.75, 3.05) is 13.2 Å². The molecule has 1 aliphatic rings. The van der Waals surface area contributed by atoms with Gasteiger partial charge in [-0.15, -0.1) is 0 Å². The van der Waals surface area contributed by atoms with E-state index in [2.05, 4.69) is 5.32 Å². The summed E-state index contributed by atoms with van der Waals surface area (Å²) < 4.78 is 10.9. The Morgan fingerprint density at radius 1 is 1.32 bits per heavy atom. The lowest BCUT2D eigenvalue weighted by Gasteiger charge is -2.20. The molecule has 1 aromatic carbocycles. The van der Waals surface area contributed by atoms with Gasteiger partial charge in [0.05, 0.1) is 0 Å². The van der Waals surface area contributed by atoms with Gasteiger partial charge in [0, 0.05) is 17.6 Å². The van der Waals surface area contributed by atoms with Gasteiger partial charge in [0.1, 0.15) is 13.2 Å². The van der Waals surface area contributed by atoms with E-state index in [-0.39, 0.29) is 18.0 Å². The third-order valence-electron chi connectivity index (χ3n) is 2.91. The highest BCUT2D eigenvalue weighted by molar-refractivity contribution is 5.95. The third kappa shape index (κ3) is 3.61. The number of hydrogen-bond acceptors (Lipinski definition) is 4. The van der Waals surface area contributed by atoms with Crippen LogP contribution >= 0.6 is 0 Å². The second-order valence-electron chi connectivity index (χ2n) is 4.95. The molecule has 1 amide bonds. The standard InChI is InChI=1S/C14H20N2O3/c1-9(15)7-10(2)16-14(17)11-3-4-12-13(8-11)19-6-5-18-12/h3-4,8-10H,5-7,15H2,1-2H3,(H,16,17). The molecular weight excluding hydrogens is 244 g/mol. The normalized spacial score (nSPS) is 16.6. The first-order valence-corrected chi connectivity index (χ1v) is 6.52. The molecule has 0 bridgehead atoms. The molecule has 2 atom stereocenters. The number of hydrogen-bond donors (Lipinski definition) is 2. The van der Waals surface area contributed by atoms with Crippen LogP contribution in [0.1, 0.15) is 30.6 Å². The molecule has 0 saturated carbocycles. The molecule has 0 saturated heterocycles. The Morgan fingerprint density at radius 3 is 2.68 bits per heavy atom. The number of benzene rings is 1. The van der Waals surface area contributed by atoms with E-state index in [0.29, 0.717) is 30.3 Å². The minimum absolute atomic E-state index is 0.0423. The first-order chi connectivity index (χ1) is 9.06. The first-order valence-electron chi connectivity index (χ1n) is 6.52. The maximum atomic E-state index is 12.1. The van der Waals surface area contributed by atoms with Crippen molar-refractivity contribution in [1.82, 2.24) is 5.32 Å². The number of amides is 1. The first kappa shape index (κ1) is 13.7. The Kier molecular flexibility index (Phi) is 4.27. The van der Waals surface area contributed by atoms with Crippen molar-refractivity contribution in [1.29, 1.82) is 0 Å². The minimum Gasteiger partial charge on any atom is -0.486 e. The van der Waals surface area contributed by atoms with Crippen molar-refractivity contribution in [3.63, 3.8) is 0 Å². The van der Waals surface area contributed by atoms with E-state index in [1.807, 2.05) is 13.8 Å². The topological polar surface area (TPSA) is 73.6 Å². The summed E-state index contributed by atoms with van der Waals surface area (Å²) in [5.74, 6) is 1.19. The number of nitrogens with two attached hydrogens (primary N) is 1. The van der Waals surface area contributed by atoms with Gasteiger partial charge in [-0.1, -0.05) is 0 Å². The van der Waals surface area contributed by atoms with Gasteiger partial charge < -0.3 is 20.5 Å². The number of ether oxygens (including phenoxy) is 2. The predicted octanol–water partition coefficient (Wildman–Crippen LogP) is 1.31. The van der Waals surface area contributed by atoms with Gasteiger partial charge in [0.15, 0.2) is 11.5 Å². The fourth-order valence-corrected chi connectivity index (χ4v) is 2.11. The molecule has 104 valence electrons. The van der Waals surface area contributed by atoms with Crippen LogP contribution < -0.4 is 20.5 Å². The van der Waals surface area contributed by atoms with Crippen molar-refractivity contribution < 1.29 is 14.3 Å². The molecule has 5 heteroatoms. The van der Waals surface area contributed by atoms with Crippen LogP contribution in [0.4, 0.5) is 0 Å². The summed E-state index contributed by atoms with van der Waals surface area (Å²) in [6.45, 7) is 4.93. The van der Waals surface area contributed by atoms with Gasteiger partial charge in [0.25, 0.3) is 5.91 Å². The fraction of sp³-hybridized carbons (Fsp3) is 0.500. The average Bonchev–Trinajstić information content (AvgIpc) is 2.37. The summed E-state index contributed by atoms with van der Waals surface area (Å²) in [5, 5.41) is 2.92. The Hall–Kier alpha value is -1.75. The van der Waals surface area contributed by atoms with Gasteiger partial charge >= 0.3 is 0 Å². The van der Waals surface area contributed by atoms with Crippen LogP contribution in [0.2, 0.25) is 0 Å². The summed E-state index contributed by atoms with van der Waals surface area (Å²) in [6, 6.07) is 5.32. The van der Waals surface area contributed by atoms with Crippen LogP contribution in [-0.2, 0) is 0 Å². The number of nitrogens with one attached hydrogen (secondary N) is 1. The molecule has 1 heterocycles. The van der Waals surface area contributed by atoms with E-state index in [4.69, 9.17) is 15.2 Å². The Labute approximate surface area is 113 Å². The molecule has 0 spiro atoms. The quantitative estimate of drug-likeness (QED) is 0.860. The SMILES string of the molecule is CC(N)CC(C)NC(=O)c1ccc2c(c1)OCCO2. The molecule has 3 N–H and O–H groups in total. The molecule has 0 fully saturated rings. The van der Waals surface area contributed by atoms with Crippen molar-refractivity contribution in [3.05, 3.63) is 23.8 Å². The Balaban J connectivity index is 2.03. The molecule has 0 aliphatic carbocycles. The van der Waals surface area contributed by atoms with E-state index in [9.17, 15) is 4.79 Å². The summed E-state index contributed by atoms with van der Waals surface area (Å²) in [5.41, 5.74) is 6.28. The summed E-state index contributed by atoms with van der Waals surface area (Å²) in [4.78, 5) is 12.1. The van der Waals surface area contributed by atoms with E-state index >= 15 is 0 Å². The highest BCUT2D eigenvalue weighted by atomic mass is 16.6. The van der Waals surface area contributed by atoms with Gasteiger partial charge in [-0.3, -0.25) is 4.79 Å². The summed E-state index contributed by atoms with van der Waals surface area (Å²) in [6.07, 6.45) is 0.746. The van der Waals surface area contributed by atoms with E-state index in [1.165, 1.54) is 0 Å². The van der Waals surface area contributed by atoms with Crippen molar-refractivity contribution in [2.45, 2.75) is 32.4 Å². The van der Waals surface area contributed by atoms with Gasteiger partial charge in [-0.2, -0.15) is 0 Å². The Morgan fingerprint density at radius 2 is 2.00 bits per heavy atom. The minimum atomic E-state index is -0.120. The predicted molar refractivity (Wildman–Crippen MR) is 72.6 cm³/mol. The second kappa shape index (κ2) is 5.93. The zero-order valence-corrected chi connectivity index (χ0v) is 11.3. The molecule has 5 nitrogen and oxygen atoms in total. The van der Waals surface area contributed by atoms with Crippen molar-refractivity contribution in [3.8, 4) is 11.5 Å². The number of carbonyl (C=O) groups excluding carboxylic acids is 1. The summed E-state index contributed by atoms with van der Waals surface area (Å²) >= 11 is 0. The van der Waals surface area contributed by atoms with Crippen LogP contribution in [0.5, 0.6) is 11.5 Å². The van der Waals surface area contributed by atoms with E-state index in [0.717, 1.165) is 6.42 Å². The molecule has 2 unspecified atom stereocenters. The Bertz CT molecular complexity index is 460. The molecule has 1 aliphatic heterocycles. The zero-order chi connectivity index (χ0) is 13.8. The lowest BCUT2D eigenvalue weighted by Crippen LogP contribution is -2.36. The number of fused-ring (bicyclic) bond motifs is 1. The fourth-order valence-electron chi connectivity index (χ4n) is 2.11. The maximum Gasteiger partial charge on any atom is 0.251 e. The van der Waals surface area contributed by atoms with Gasteiger partial charge in [-0.05, 0) is 38.5 Å². The van der Waals surface area contributed by atoms with Crippen LogP contribution in [-0.4, -0.2) is 31.2 Å². The molecule has 19 heavy (non-hydrogen) atoms. The second-order valence-corrected chi connectivity index (χ2v) is 4.95. The van der Waals surface area contributed by atoms with Crippen LogP contribution in [0.15, 0.2) is 18.2 Å². The monoisotopic (exact) mass is 264 g/mol. The van der Waals surface area contributed by atoms with E-state index in [1.54, 1.807) is 18.2 Å². The van der Waals surface area contributed by atoms with Crippen LogP contribution in [0.3, 0.4) is 0 Å². The molecule has 1 aromatic rings. The van der Waals surface area contributed by atoms with Crippen LogP contribution in [0, 0.1) is 0 Å². The van der Waals surface area contributed by atoms with Gasteiger partial charge in [-0.25, -0.2) is 0 Å². The maximum absolute atomic E-state index is 12.1. The molecule has 2 rings (SSSR count). The highest BCUT2D eigenvalue weighted by Gasteiger charge is 2.16. The van der Waals surface area contributed by atoms with Crippen molar-refractivity contribution >= 4 is 5.91 Å². The zero-order valence-electron chi connectivity index (χ0n) is 11.3. The smallest absolute Gasteiger partial charge is 0.251 e. The average molecular weight is 264 g/mol. The van der Waals surface area contributed by atoms with E-state index < -0.39 is 0 Å². The number of rotatable bonds is 4. The van der Waals surface area contributed by atoms with Crippen molar-refractivity contribution in [2.24, 2.45) is 5.73 Å². The largest absolute Gasteiger partial charge is 0.486 e. The summed E-state index contributed by atoms with van der Waals surface area (Å²) in [7, 11) is 0.